The molecule has 0 saturated carbocycles. The molecular weight excluding hydrogens is 252 g/mol. The second-order valence-electron chi connectivity index (χ2n) is 3.72. The summed E-state index contributed by atoms with van der Waals surface area (Å²) in [4.78, 5) is 4.25. The van der Waals surface area contributed by atoms with Crippen LogP contribution in [-0.4, -0.2) is 31.4 Å². The first kappa shape index (κ1) is 13.0. The monoisotopic (exact) mass is 268 g/mol. The van der Waals surface area contributed by atoms with E-state index in [0.717, 1.165) is 23.2 Å². The van der Waals surface area contributed by atoms with Crippen LogP contribution in [0.5, 0.6) is 0 Å². The molecule has 0 aliphatic heterocycles. The van der Waals surface area contributed by atoms with Crippen LogP contribution in [0.1, 0.15) is 24.5 Å². The quantitative estimate of drug-likeness (QED) is 0.773. The van der Waals surface area contributed by atoms with Gasteiger partial charge in [0.05, 0.1) is 5.75 Å². The Bertz CT molecular complexity index is 508. The SMILES string of the molecule is CCc1noc(CSc2nnc(C)n2CCN)n1. The van der Waals surface area contributed by atoms with Crippen LogP contribution in [0.15, 0.2) is 9.68 Å². The van der Waals surface area contributed by atoms with Gasteiger partial charge >= 0.3 is 0 Å². The fraction of sp³-hybridized carbons (Fsp3) is 0.600. The van der Waals surface area contributed by atoms with Crippen LogP contribution in [0.3, 0.4) is 0 Å². The number of thioether (sulfide) groups is 1. The molecule has 2 aromatic rings. The van der Waals surface area contributed by atoms with Crippen molar-refractivity contribution < 1.29 is 4.52 Å². The predicted octanol–water partition coefficient (Wildman–Crippen LogP) is 0.783. The first-order valence-corrected chi connectivity index (χ1v) is 6.77. The van der Waals surface area contributed by atoms with Crippen molar-refractivity contribution in [3.63, 3.8) is 0 Å². The Morgan fingerprint density at radius 2 is 2.22 bits per heavy atom. The average Bonchev–Trinajstić information content (AvgIpc) is 2.96. The van der Waals surface area contributed by atoms with Gasteiger partial charge in [0.15, 0.2) is 11.0 Å². The van der Waals surface area contributed by atoms with E-state index in [1.54, 1.807) is 0 Å². The number of nitrogens with zero attached hydrogens (tertiary/aromatic N) is 5. The highest BCUT2D eigenvalue weighted by Gasteiger charge is 2.11. The van der Waals surface area contributed by atoms with Crippen molar-refractivity contribution in [2.75, 3.05) is 6.54 Å². The van der Waals surface area contributed by atoms with Crippen LogP contribution in [0.4, 0.5) is 0 Å². The van der Waals surface area contributed by atoms with Gasteiger partial charge < -0.3 is 14.8 Å². The van der Waals surface area contributed by atoms with Crippen LogP contribution >= 0.6 is 11.8 Å². The molecule has 2 heterocycles. The van der Waals surface area contributed by atoms with Gasteiger partial charge in [-0.1, -0.05) is 23.8 Å². The lowest BCUT2D eigenvalue weighted by molar-refractivity contribution is 0.385. The molecule has 98 valence electrons. The van der Waals surface area contributed by atoms with E-state index in [2.05, 4.69) is 20.3 Å². The van der Waals surface area contributed by atoms with E-state index in [0.29, 0.717) is 24.7 Å². The van der Waals surface area contributed by atoms with Gasteiger partial charge in [-0.2, -0.15) is 4.98 Å². The zero-order chi connectivity index (χ0) is 13.0. The number of rotatable bonds is 6. The molecule has 2 rings (SSSR count). The number of hydrogen-bond donors (Lipinski definition) is 1. The zero-order valence-electron chi connectivity index (χ0n) is 10.5. The standard InChI is InChI=1S/C10H16N6OS/c1-3-8-12-9(17-15-8)6-18-10-14-13-7(2)16(10)5-4-11/h3-6,11H2,1-2H3. The maximum absolute atomic E-state index is 5.56. The molecule has 0 unspecified atom stereocenters. The number of nitrogens with two attached hydrogens (primary N) is 1. The molecule has 0 bridgehead atoms. The van der Waals surface area contributed by atoms with Gasteiger partial charge in [-0.3, -0.25) is 0 Å². The Hall–Kier alpha value is -1.41. The van der Waals surface area contributed by atoms with E-state index in [4.69, 9.17) is 10.3 Å². The molecular formula is C10H16N6OS. The predicted molar refractivity (Wildman–Crippen MR) is 67.1 cm³/mol. The Labute approximate surface area is 109 Å². The van der Waals surface area contributed by atoms with Crippen LogP contribution in [0.2, 0.25) is 0 Å². The van der Waals surface area contributed by atoms with Gasteiger partial charge in [-0.05, 0) is 6.92 Å². The molecule has 2 N–H and O–H groups in total. The third kappa shape index (κ3) is 2.88. The highest BCUT2D eigenvalue weighted by atomic mass is 32.2. The Morgan fingerprint density at radius 3 is 2.89 bits per heavy atom. The van der Waals surface area contributed by atoms with Crippen molar-refractivity contribution in [2.24, 2.45) is 5.73 Å². The van der Waals surface area contributed by atoms with E-state index in [-0.39, 0.29) is 0 Å². The van der Waals surface area contributed by atoms with E-state index >= 15 is 0 Å². The van der Waals surface area contributed by atoms with E-state index in [1.807, 2.05) is 18.4 Å². The molecule has 18 heavy (non-hydrogen) atoms. The Kier molecular flexibility index (Phi) is 4.32. The lowest BCUT2D eigenvalue weighted by Gasteiger charge is -2.04. The minimum Gasteiger partial charge on any atom is -0.338 e. The molecule has 0 saturated heterocycles. The summed E-state index contributed by atoms with van der Waals surface area (Å²) in [6.07, 6.45) is 0.774. The summed E-state index contributed by atoms with van der Waals surface area (Å²) in [5.74, 6) is 2.79. The van der Waals surface area contributed by atoms with Gasteiger partial charge in [0.25, 0.3) is 0 Å². The largest absolute Gasteiger partial charge is 0.338 e. The fourth-order valence-corrected chi connectivity index (χ4v) is 2.32. The summed E-state index contributed by atoms with van der Waals surface area (Å²) in [6, 6.07) is 0. The van der Waals surface area contributed by atoms with Crippen molar-refractivity contribution in [1.29, 1.82) is 0 Å². The first-order chi connectivity index (χ1) is 8.74. The molecule has 0 amide bonds. The summed E-state index contributed by atoms with van der Waals surface area (Å²) < 4.78 is 7.11. The van der Waals surface area contributed by atoms with Crippen molar-refractivity contribution >= 4 is 11.8 Å². The normalized spacial score (nSPS) is 11.1. The summed E-state index contributed by atoms with van der Waals surface area (Å²) in [5, 5.41) is 12.8. The van der Waals surface area contributed by atoms with Crippen molar-refractivity contribution in [3.05, 3.63) is 17.5 Å². The molecule has 0 fully saturated rings. The second-order valence-corrected chi connectivity index (χ2v) is 4.66. The molecule has 0 aliphatic rings. The van der Waals surface area contributed by atoms with E-state index in [9.17, 15) is 0 Å². The second kappa shape index (κ2) is 5.96. The van der Waals surface area contributed by atoms with E-state index in [1.165, 1.54) is 11.8 Å². The maximum atomic E-state index is 5.56. The van der Waals surface area contributed by atoms with Crippen LogP contribution in [0, 0.1) is 6.92 Å². The van der Waals surface area contributed by atoms with Gasteiger partial charge in [0.2, 0.25) is 5.89 Å². The fourth-order valence-electron chi connectivity index (χ4n) is 1.47. The lowest BCUT2D eigenvalue weighted by atomic mass is 10.5. The van der Waals surface area contributed by atoms with Gasteiger partial charge in [-0.15, -0.1) is 10.2 Å². The van der Waals surface area contributed by atoms with Crippen molar-refractivity contribution in [1.82, 2.24) is 24.9 Å². The lowest BCUT2D eigenvalue weighted by Crippen LogP contribution is -2.12. The molecule has 0 atom stereocenters. The van der Waals surface area contributed by atoms with Crippen molar-refractivity contribution in [2.45, 2.75) is 37.7 Å². The first-order valence-electron chi connectivity index (χ1n) is 5.78. The maximum Gasteiger partial charge on any atom is 0.237 e. The smallest absolute Gasteiger partial charge is 0.237 e. The summed E-state index contributed by atoms with van der Waals surface area (Å²) in [7, 11) is 0. The van der Waals surface area contributed by atoms with Crippen molar-refractivity contribution in [3.8, 4) is 0 Å². The molecule has 7 nitrogen and oxygen atoms in total. The number of hydrogen-bond acceptors (Lipinski definition) is 7. The molecule has 8 heteroatoms. The zero-order valence-corrected chi connectivity index (χ0v) is 11.3. The molecule has 0 aliphatic carbocycles. The molecule has 0 radical (unpaired) electrons. The van der Waals surface area contributed by atoms with Crippen LogP contribution in [0.25, 0.3) is 0 Å². The number of aryl methyl sites for hydroxylation is 2. The van der Waals surface area contributed by atoms with Gasteiger partial charge in [0.1, 0.15) is 5.82 Å². The van der Waals surface area contributed by atoms with Crippen LogP contribution < -0.4 is 5.73 Å². The Balaban J connectivity index is 2.01. The van der Waals surface area contributed by atoms with Crippen LogP contribution in [-0.2, 0) is 18.7 Å². The summed E-state index contributed by atoms with van der Waals surface area (Å²) in [6.45, 7) is 5.18. The molecule has 0 aromatic carbocycles. The minimum atomic E-state index is 0.562. The minimum absolute atomic E-state index is 0.562. The average molecular weight is 268 g/mol. The summed E-state index contributed by atoms with van der Waals surface area (Å²) in [5.41, 5.74) is 5.56. The number of aromatic nitrogens is 5. The summed E-state index contributed by atoms with van der Waals surface area (Å²) >= 11 is 1.52. The molecule has 0 spiro atoms. The third-order valence-electron chi connectivity index (χ3n) is 2.41. The highest BCUT2D eigenvalue weighted by molar-refractivity contribution is 7.98. The van der Waals surface area contributed by atoms with E-state index < -0.39 is 0 Å². The van der Waals surface area contributed by atoms with Gasteiger partial charge in [-0.25, -0.2) is 0 Å². The Morgan fingerprint density at radius 1 is 1.39 bits per heavy atom. The topological polar surface area (TPSA) is 95.7 Å². The van der Waals surface area contributed by atoms with Gasteiger partial charge in [0, 0.05) is 19.5 Å². The molecule has 2 aromatic heterocycles. The third-order valence-corrected chi connectivity index (χ3v) is 3.36. The highest BCUT2D eigenvalue weighted by Crippen LogP contribution is 2.20.